The molecule has 1 fully saturated rings. The maximum Gasteiger partial charge on any atom is 0.173 e. The van der Waals surface area contributed by atoms with Gasteiger partial charge in [0.15, 0.2) is 5.16 Å². The Bertz CT molecular complexity index is 1170. The third-order valence-electron chi connectivity index (χ3n) is 5.65. The lowest BCUT2D eigenvalue weighted by Gasteiger charge is -2.15. The molecule has 33 heavy (non-hydrogen) atoms. The van der Waals surface area contributed by atoms with Crippen LogP contribution in [-0.4, -0.2) is 31.5 Å². The molecule has 0 aliphatic heterocycles. The smallest absolute Gasteiger partial charge is 0.173 e. The normalized spacial score (nSPS) is 13.9. The van der Waals surface area contributed by atoms with E-state index in [1.807, 2.05) is 68.2 Å². The predicted molar refractivity (Wildman–Crippen MR) is 134 cm³/mol. The molecule has 1 aliphatic carbocycles. The van der Waals surface area contributed by atoms with E-state index in [4.69, 9.17) is 14.8 Å². The highest BCUT2D eigenvalue weighted by Gasteiger charge is 2.23. The number of imidazole rings is 1. The molecule has 5 nitrogen and oxygen atoms in total. The molecule has 4 rings (SSSR count). The Morgan fingerprint density at radius 3 is 2.82 bits per heavy atom. The molecule has 1 aliphatic rings. The van der Waals surface area contributed by atoms with Crippen LogP contribution in [-0.2, 0) is 6.61 Å². The summed E-state index contributed by atoms with van der Waals surface area (Å²) in [7, 11) is 0. The van der Waals surface area contributed by atoms with Crippen LogP contribution in [0.25, 0.3) is 11.8 Å². The molecule has 0 amide bonds. The van der Waals surface area contributed by atoms with Gasteiger partial charge in [-0.3, -0.25) is 9.55 Å². The summed E-state index contributed by atoms with van der Waals surface area (Å²) < 4.78 is 8.44. The molecule has 0 atom stereocenters. The van der Waals surface area contributed by atoms with E-state index in [0.29, 0.717) is 11.9 Å². The van der Waals surface area contributed by atoms with Gasteiger partial charge in [-0.2, -0.15) is 0 Å². The minimum atomic E-state index is -0.148. The first-order chi connectivity index (χ1) is 16.2. The Morgan fingerprint density at radius 2 is 2.12 bits per heavy atom. The maximum absolute atomic E-state index is 8.95. The fraction of sp³-hybridized carbons (Fsp3) is 0.333. The average Bonchev–Trinajstić information content (AvgIpc) is 3.46. The summed E-state index contributed by atoms with van der Waals surface area (Å²) in [5, 5.41) is 10.5. The van der Waals surface area contributed by atoms with Crippen molar-refractivity contribution in [1.29, 1.82) is 0 Å². The molecule has 1 saturated carbocycles. The lowest BCUT2D eigenvalue weighted by molar-refractivity contribution is 0.298. The zero-order chi connectivity index (χ0) is 23.0. The van der Waals surface area contributed by atoms with Crippen LogP contribution < -0.4 is 4.74 Å². The SMILES string of the molecule is C/C=C/c1nc(SC2CCCC2)n(-c2cccnc2)c1COc1ccc(C#CCO)c(C)c1. The number of aliphatic hydroxyl groups excluding tert-OH is 1. The molecular formula is C27H29N3O2S. The summed E-state index contributed by atoms with van der Waals surface area (Å²) in [6.45, 7) is 4.24. The number of pyridine rings is 1. The Morgan fingerprint density at radius 1 is 1.27 bits per heavy atom. The maximum atomic E-state index is 8.95. The van der Waals surface area contributed by atoms with E-state index in [2.05, 4.69) is 27.5 Å². The summed E-state index contributed by atoms with van der Waals surface area (Å²) in [4.78, 5) is 9.35. The topological polar surface area (TPSA) is 60.2 Å². The van der Waals surface area contributed by atoms with Gasteiger partial charge in [0.25, 0.3) is 0 Å². The first-order valence-electron chi connectivity index (χ1n) is 11.3. The molecule has 1 N–H and O–H groups in total. The number of ether oxygens (including phenoxy) is 1. The number of benzene rings is 1. The summed E-state index contributed by atoms with van der Waals surface area (Å²) in [5.74, 6) is 6.44. The van der Waals surface area contributed by atoms with Crippen LogP contribution in [0.3, 0.4) is 0 Å². The van der Waals surface area contributed by atoms with E-state index in [9.17, 15) is 0 Å². The number of aliphatic hydroxyl groups is 1. The number of allylic oxidation sites excluding steroid dienone is 1. The van der Waals surface area contributed by atoms with Crippen LogP contribution in [0.2, 0.25) is 0 Å². The second kappa shape index (κ2) is 11.2. The van der Waals surface area contributed by atoms with Gasteiger partial charge in [0.2, 0.25) is 0 Å². The zero-order valence-corrected chi connectivity index (χ0v) is 19.9. The Kier molecular flexibility index (Phi) is 7.87. The summed E-state index contributed by atoms with van der Waals surface area (Å²) in [6, 6.07) is 9.85. The van der Waals surface area contributed by atoms with Gasteiger partial charge < -0.3 is 9.84 Å². The van der Waals surface area contributed by atoms with E-state index >= 15 is 0 Å². The predicted octanol–water partition coefficient (Wildman–Crippen LogP) is 5.57. The minimum Gasteiger partial charge on any atom is -0.487 e. The number of thioether (sulfide) groups is 1. The number of rotatable bonds is 7. The third-order valence-corrected chi connectivity index (χ3v) is 6.94. The lowest BCUT2D eigenvalue weighted by Crippen LogP contribution is -2.08. The van der Waals surface area contributed by atoms with Crippen molar-refractivity contribution in [2.24, 2.45) is 0 Å². The van der Waals surface area contributed by atoms with E-state index in [1.54, 1.807) is 6.20 Å². The van der Waals surface area contributed by atoms with E-state index in [1.165, 1.54) is 25.7 Å². The van der Waals surface area contributed by atoms with Gasteiger partial charge in [0.05, 0.1) is 23.3 Å². The van der Waals surface area contributed by atoms with Crippen molar-refractivity contribution >= 4 is 17.8 Å². The number of hydrogen-bond donors (Lipinski definition) is 1. The molecule has 0 spiro atoms. The Labute approximate surface area is 199 Å². The highest BCUT2D eigenvalue weighted by atomic mass is 32.2. The average molecular weight is 460 g/mol. The van der Waals surface area contributed by atoms with E-state index < -0.39 is 0 Å². The summed E-state index contributed by atoms with van der Waals surface area (Å²) >= 11 is 1.87. The van der Waals surface area contributed by atoms with Crippen molar-refractivity contribution in [2.45, 2.75) is 56.5 Å². The van der Waals surface area contributed by atoms with Crippen molar-refractivity contribution in [3.8, 4) is 23.3 Å². The van der Waals surface area contributed by atoms with Gasteiger partial charge in [0, 0.05) is 17.0 Å². The molecule has 0 radical (unpaired) electrons. The molecule has 0 unspecified atom stereocenters. The Hall–Kier alpha value is -3.01. The molecule has 6 heteroatoms. The molecular weight excluding hydrogens is 430 g/mol. The first kappa shape index (κ1) is 23.2. The monoisotopic (exact) mass is 459 g/mol. The van der Waals surface area contributed by atoms with Crippen LogP contribution in [0, 0.1) is 18.8 Å². The highest BCUT2D eigenvalue weighted by molar-refractivity contribution is 7.99. The van der Waals surface area contributed by atoms with Crippen LogP contribution in [0.15, 0.2) is 54.0 Å². The van der Waals surface area contributed by atoms with Gasteiger partial charge in [-0.1, -0.05) is 42.5 Å². The van der Waals surface area contributed by atoms with Crippen molar-refractivity contribution in [1.82, 2.24) is 14.5 Å². The number of nitrogens with zero attached hydrogens (tertiary/aromatic N) is 3. The molecule has 0 bridgehead atoms. The number of aromatic nitrogens is 3. The molecule has 2 heterocycles. The largest absolute Gasteiger partial charge is 0.487 e. The quantitative estimate of drug-likeness (QED) is 0.468. The van der Waals surface area contributed by atoms with Gasteiger partial charge in [-0.05, 0) is 68.7 Å². The van der Waals surface area contributed by atoms with Gasteiger partial charge >= 0.3 is 0 Å². The lowest BCUT2D eigenvalue weighted by atomic mass is 10.1. The fourth-order valence-electron chi connectivity index (χ4n) is 4.02. The van der Waals surface area contributed by atoms with Crippen LogP contribution >= 0.6 is 11.8 Å². The van der Waals surface area contributed by atoms with Crippen LogP contribution in [0.4, 0.5) is 0 Å². The summed E-state index contributed by atoms with van der Waals surface area (Å²) in [6.07, 6.45) is 12.8. The Balaban J connectivity index is 1.67. The van der Waals surface area contributed by atoms with Crippen LogP contribution in [0.5, 0.6) is 5.75 Å². The minimum absolute atomic E-state index is 0.148. The molecule has 2 aromatic heterocycles. The van der Waals surface area contributed by atoms with Crippen molar-refractivity contribution in [2.75, 3.05) is 6.61 Å². The van der Waals surface area contributed by atoms with Crippen molar-refractivity contribution < 1.29 is 9.84 Å². The highest BCUT2D eigenvalue weighted by Crippen LogP contribution is 2.37. The first-order valence-corrected chi connectivity index (χ1v) is 12.2. The number of aryl methyl sites for hydroxylation is 1. The van der Waals surface area contributed by atoms with Gasteiger partial charge in [0.1, 0.15) is 19.0 Å². The summed E-state index contributed by atoms with van der Waals surface area (Å²) in [5.41, 5.74) is 4.82. The molecule has 3 aromatic rings. The standard InChI is InChI=1S/C27H29N3O2S/c1-3-8-25-26(19-32-23-14-13-21(9-7-16-31)20(2)17-23)30(22-10-6-15-28-18-22)27(29-25)33-24-11-4-5-12-24/h3,6,8,10,13-15,17-18,24,31H,4-5,11-12,16,19H2,1-2H3/b8-3+. The van der Waals surface area contributed by atoms with Gasteiger partial charge in [-0.25, -0.2) is 4.98 Å². The molecule has 170 valence electrons. The third kappa shape index (κ3) is 5.68. The fourth-order valence-corrected chi connectivity index (χ4v) is 5.36. The zero-order valence-electron chi connectivity index (χ0n) is 19.1. The van der Waals surface area contributed by atoms with Crippen molar-refractivity contribution in [3.05, 3.63) is 71.3 Å². The second-order valence-corrected chi connectivity index (χ2v) is 9.29. The van der Waals surface area contributed by atoms with Crippen molar-refractivity contribution in [3.63, 3.8) is 0 Å². The van der Waals surface area contributed by atoms with E-state index in [0.717, 1.165) is 39.1 Å². The molecule has 1 aromatic carbocycles. The second-order valence-electron chi connectivity index (χ2n) is 8.02. The molecule has 0 saturated heterocycles. The van der Waals surface area contributed by atoms with Crippen LogP contribution in [0.1, 0.15) is 55.1 Å². The van der Waals surface area contributed by atoms with Gasteiger partial charge in [-0.15, -0.1) is 0 Å². The number of hydrogen-bond acceptors (Lipinski definition) is 5. The van der Waals surface area contributed by atoms with E-state index in [-0.39, 0.29) is 6.61 Å².